The first-order valence-electron chi connectivity index (χ1n) is 5.67. The number of aryl methyl sites for hydroxylation is 2. The van der Waals surface area contributed by atoms with E-state index in [1.165, 1.54) is 0 Å². The smallest absolute Gasteiger partial charge is 0.222 e. The van der Waals surface area contributed by atoms with E-state index in [0.717, 1.165) is 10.2 Å². The van der Waals surface area contributed by atoms with Gasteiger partial charge in [-0.15, -0.1) is 0 Å². The maximum atomic E-state index is 11.7. The zero-order valence-electron chi connectivity index (χ0n) is 10.3. The molecule has 6 nitrogen and oxygen atoms in total. The summed E-state index contributed by atoms with van der Waals surface area (Å²) < 4.78 is 4.25. The van der Waals surface area contributed by atoms with Crippen LogP contribution >= 0.6 is 27.5 Å². The van der Waals surface area contributed by atoms with E-state index in [0.29, 0.717) is 24.5 Å². The van der Waals surface area contributed by atoms with Crippen molar-refractivity contribution in [2.24, 2.45) is 7.05 Å². The normalized spacial score (nSPS) is 10.7. The van der Waals surface area contributed by atoms with Crippen molar-refractivity contribution in [2.45, 2.75) is 19.5 Å². The van der Waals surface area contributed by atoms with Crippen LogP contribution in [0.25, 0.3) is 0 Å². The molecule has 0 saturated carbocycles. The van der Waals surface area contributed by atoms with Gasteiger partial charge >= 0.3 is 0 Å². The molecule has 8 heteroatoms. The van der Waals surface area contributed by atoms with E-state index >= 15 is 0 Å². The molecule has 0 spiro atoms. The van der Waals surface area contributed by atoms with E-state index in [9.17, 15) is 4.79 Å². The Hall–Kier alpha value is -1.34. The molecule has 0 fully saturated rings. The molecule has 2 rings (SSSR count). The molecule has 0 aliphatic carbocycles. The average Bonchev–Trinajstić information content (AvgIpc) is 2.92. The quantitative estimate of drug-likeness (QED) is 0.897. The Morgan fingerprint density at radius 1 is 1.47 bits per heavy atom. The lowest BCUT2D eigenvalue weighted by atomic mass is 10.3. The van der Waals surface area contributed by atoms with Crippen molar-refractivity contribution in [3.05, 3.63) is 33.8 Å². The molecule has 19 heavy (non-hydrogen) atoms. The molecule has 2 aromatic rings. The molecule has 0 radical (unpaired) electrons. The predicted octanol–water partition coefficient (Wildman–Crippen LogP) is 1.74. The van der Waals surface area contributed by atoms with Crippen molar-refractivity contribution >= 4 is 33.4 Å². The van der Waals surface area contributed by atoms with Crippen LogP contribution in [0, 0.1) is 0 Å². The molecule has 0 atom stereocenters. The summed E-state index contributed by atoms with van der Waals surface area (Å²) in [5.74, 6) is -0.0520. The Morgan fingerprint density at radius 3 is 2.84 bits per heavy atom. The van der Waals surface area contributed by atoms with E-state index in [1.807, 2.05) is 6.20 Å². The largest absolute Gasteiger partial charge is 0.350 e. The molecule has 0 saturated heterocycles. The standard InChI is InChI=1S/C11H13BrClN5O/c1-17-10(9(13)5-15-17)6-14-11(19)2-3-18-7-8(12)4-16-18/h4-5,7H,2-3,6H2,1H3,(H,14,19). The Bertz CT molecular complexity index is 560. The highest BCUT2D eigenvalue weighted by atomic mass is 79.9. The number of carbonyl (C=O) groups excluding carboxylic acids is 1. The van der Waals surface area contributed by atoms with Crippen molar-refractivity contribution in [3.63, 3.8) is 0 Å². The fraction of sp³-hybridized carbons (Fsp3) is 0.364. The maximum Gasteiger partial charge on any atom is 0.222 e. The third-order valence-electron chi connectivity index (χ3n) is 2.63. The van der Waals surface area contributed by atoms with E-state index in [-0.39, 0.29) is 5.91 Å². The molecule has 102 valence electrons. The molecule has 0 bridgehead atoms. The molecular formula is C11H13BrClN5O. The van der Waals surface area contributed by atoms with Crippen LogP contribution in [0.2, 0.25) is 5.02 Å². The number of nitrogens with one attached hydrogen (secondary N) is 1. The molecule has 0 aromatic carbocycles. The number of aromatic nitrogens is 4. The van der Waals surface area contributed by atoms with E-state index < -0.39 is 0 Å². The Balaban J connectivity index is 1.79. The molecular weight excluding hydrogens is 334 g/mol. The average molecular weight is 347 g/mol. The number of halogens is 2. The van der Waals surface area contributed by atoms with Gasteiger partial charge in [-0.1, -0.05) is 11.6 Å². The van der Waals surface area contributed by atoms with Gasteiger partial charge in [0.15, 0.2) is 0 Å². The molecule has 1 N–H and O–H groups in total. The zero-order valence-corrected chi connectivity index (χ0v) is 12.6. The summed E-state index contributed by atoms with van der Waals surface area (Å²) in [5, 5.41) is 11.4. The van der Waals surface area contributed by atoms with Gasteiger partial charge in [0.1, 0.15) is 0 Å². The van der Waals surface area contributed by atoms with Crippen molar-refractivity contribution < 1.29 is 4.79 Å². The molecule has 1 amide bonds. The number of carbonyl (C=O) groups is 1. The fourth-order valence-electron chi connectivity index (χ4n) is 1.58. The molecule has 0 aliphatic rings. The van der Waals surface area contributed by atoms with Gasteiger partial charge in [0.05, 0.1) is 34.1 Å². The summed E-state index contributed by atoms with van der Waals surface area (Å²) in [6.07, 6.45) is 5.44. The van der Waals surface area contributed by atoms with Crippen LogP contribution in [0.1, 0.15) is 12.1 Å². The first-order valence-corrected chi connectivity index (χ1v) is 6.84. The minimum atomic E-state index is -0.0520. The lowest BCUT2D eigenvalue weighted by Gasteiger charge is -2.06. The minimum Gasteiger partial charge on any atom is -0.350 e. The van der Waals surface area contributed by atoms with E-state index in [1.54, 1.807) is 28.8 Å². The number of amides is 1. The fourth-order valence-corrected chi connectivity index (χ4v) is 2.14. The van der Waals surface area contributed by atoms with Crippen LogP contribution in [0.4, 0.5) is 0 Å². The van der Waals surface area contributed by atoms with Crippen molar-refractivity contribution in [3.8, 4) is 0 Å². The van der Waals surface area contributed by atoms with Crippen molar-refractivity contribution in [2.75, 3.05) is 0 Å². The van der Waals surface area contributed by atoms with Gasteiger partial charge in [-0.05, 0) is 15.9 Å². The Kier molecular flexibility index (Phi) is 4.60. The number of rotatable bonds is 5. The van der Waals surface area contributed by atoms with Crippen LogP contribution in [-0.4, -0.2) is 25.5 Å². The third kappa shape index (κ3) is 3.81. The predicted molar refractivity (Wildman–Crippen MR) is 74.6 cm³/mol. The van der Waals surface area contributed by atoms with Gasteiger partial charge in [-0.3, -0.25) is 14.2 Å². The molecule has 2 aromatic heterocycles. The summed E-state index contributed by atoms with van der Waals surface area (Å²) in [5.41, 5.74) is 0.789. The van der Waals surface area contributed by atoms with Gasteiger partial charge in [-0.25, -0.2) is 0 Å². The second-order valence-corrected chi connectivity index (χ2v) is 5.33. The van der Waals surface area contributed by atoms with Crippen LogP contribution in [0.5, 0.6) is 0 Å². The first kappa shape index (κ1) is 14.1. The number of hydrogen-bond donors (Lipinski definition) is 1. The summed E-state index contributed by atoms with van der Waals surface area (Å²) in [4.78, 5) is 11.7. The zero-order chi connectivity index (χ0) is 13.8. The summed E-state index contributed by atoms with van der Waals surface area (Å²) >= 11 is 9.25. The van der Waals surface area contributed by atoms with Gasteiger partial charge < -0.3 is 5.32 Å². The summed E-state index contributed by atoms with van der Waals surface area (Å²) in [7, 11) is 1.79. The molecule has 0 unspecified atom stereocenters. The summed E-state index contributed by atoms with van der Waals surface area (Å²) in [6, 6.07) is 0. The number of hydrogen-bond acceptors (Lipinski definition) is 3. The van der Waals surface area contributed by atoms with Gasteiger partial charge in [0.25, 0.3) is 0 Å². The summed E-state index contributed by atoms with van der Waals surface area (Å²) in [6.45, 7) is 0.910. The van der Waals surface area contributed by atoms with E-state index in [2.05, 4.69) is 31.4 Å². The van der Waals surface area contributed by atoms with Crippen molar-refractivity contribution in [1.82, 2.24) is 24.9 Å². The van der Waals surface area contributed by atoms with Crippen LogP contribution in [0.3, 0.4) is 0 Å². The highest BCUT2D eigenvalue weighted by molar-refractivity contribution is 9.10. The van der Waals surface area contributed by atoms with Crippen LogP contribution in [-0.2, 0) is 24.9 Å². The van der Waals surface area contributed by atoms with E-state index in [4.69, 9.17) is 11.6 Å². The lowest BCUT2D eigenvalue weighted by molar-refractivity contribution is -0.121. The number of nitrogens with zero attached hydrogens (tertiary/aromatic N) is 4. The van der Waals surface area contributed by atoms with Gasteiger partial charge in [-0.2, -0.15) is 10.2 Å². The van der Waals surface area contributed by atoms with Gasteiger partial charge in [0.2, 0.25) is 5.91 Å². The lowest BCUT2D eigenvalue weighted by Crippen LogP contribution is -2.25. The maximum absolute atomic E-state index is 11.7. The van der Waals surface area contributed by atoms with Crippen LogP contribution in [0.15, 0.2) is 23.1 Å². The molecule has 2 heterocycles. The third-order valence-corrected chi connectivity index (χ3v) is 3.36. The Morgan fingerprint density at radius 2 is 2.26 bits per heavy atom. The second-order valence-electron chi connectivity index (χ2n) is 4.01. The molecule has 0 aliphatic heterocycles. The second kappa shape index (κ2) is 6.21. The SMILES string of the molecule is Cn1ncc(Cl)c1CNC(=O)CCn1cc(Br)cn1. The highest BCUT2D eigenvalue weighted by Gasteiger charge is 2.08. The monoisotopic (exact) mass is 345 g/mol. The first-order chi connectivity index (χ1) is 9.06. The van der Waals surface area contributed by atoms with Gasteiger partial charge in [0, 0.05) is 26.2 Å². The van der Waals surface area contributed by atoms with Crippen LogP contribution < -0.4 is 5.32 Å². The Labute approximate surface area is 123 Å². The topological polar surface area (TPSA) is 64.7 Å². The van der Waals surface area contributed by atoms with Crippen molar-refractivity contribution in [1.29, 1.82) is 0 Å². The highest BCUT2D eigenvalue weighted by Crippen LogP contribution is 2.13. The minimum absolute atomic E-state index is 0.0520.